The summed E-state index contributed by atoms with van der Waals surface area (Å²) in [7, 11) is 0. The number of aromatic hydroxyl groups is 2. The third-order valence-corrected chi connectivity index (χ3v) is 24.2. The molecule has 0 aliphatic rings. The fraction of sp³-hybridized carbons (Fsp3) is 0.663. The Balaban J connectivity index is 2.57. The van der Waals surface area contributed by atoms with Crippen LogP contribution in [0.5, 0.6) is 11.5 Å². The second kappa shape index (κ2) is 70.4. The van der Waals surface area contributed by atoms with Gasteiger partial charge in [0, 0.05) is 26.1 Å². The number of nitrogens with two attached hydrogens (primary N) is 8. The number of hydrogen-bond acceptors (Lipinski definition) is 29. The van der Waals surface area contributed by atoms with E-state index in [9.17, 15) is 107 Å². The topological polar surface area (TPSA) is 900 Å². The molecule has 0 radical (unpaired) electrons. The number of guanidine groups is 3. The van der Waals surface area contributed by atoms with Crippen LogP contribution in [0.25, 0.3) is 0 Å². The lowest BCUT2D eigenvalue weighted by atomic mass is 9.95. The summed E-state index contributed by atoms with van der Waals surface area (Å²) in [6.45, 7) is 14.4. The summed E-state index contributed by atoms with van der Waals surface area (Å²) in [5.41, 5.74) is 47.1. The molecule has 16 amide bonds. The molecule has 147 heavy (non-hydrogen) atoms. The monoisotopic (exact) mass is 2080 g/mol. The number of carbonyl (C=O) groups excluding carboxylic acids is 16. The van der Waals surface area contributed by atoms with E-state index in [1.807, 2.05) is 0 Å². The van der Waals surface area contributed by atoms with Crippen molar-refractivity contribution in [3.63, 3.8) is 0 Å². The van der Waals surface area contributed by atoms with Gasteiger partial charge in [0.15, 0.2) is 17.9 Å². The molecule has 43 N–H and O–H groups in total. The van der Waals surface area contributed by atoms with Crippen LogP contribution in [0.15, 0.2) is 48.5 Å². The number of phenolic OH excluding ortho intramolecular Hbond substituents is 2. The quantitative estimate of drug-likeness (QED) is 0.0166. The normalized spacial score (nSPS) is 15.1. The standard InChI is InChI=1S/C95H166N30O22/c1-11-53(7)74(125-84(138)64(26-15-19-41-98)115-86(140)70(48-58-33-37-60(129)38-34-58)120-89(143)73(52(5)6)123-91(145)75(54(8)12-2)124-78(132)61(100)47-57-31-35-59(128)36-32-57)90(144)117-67(30-23-45-109-95(105)106)83(137)121-71(49-126)87(141)111-55(9)76(130)112-65(28-21-43-107-93(101)102)81(135)113-63(25-14-18-40-97)80(134)114-66(29-22-44-108-94(103)104)82(136)122-72(50-127)88(142)116-62(24-13-17-39-96)79(133)110-56(10)77(131)119-69(46-51(3)4)85(139)118-68(92(146)147)27-16-20-42-99/h31-38,51-56,61-75,126-129H,11-30,39-50,96-100H2,1-10H3,(H,110,133)(H,111,141)(H,112,130)(H,113,135)(H,114,134)(H,115,140)(H,116,142)(H,117,144)(H,118,139)(H,119,131)(H,120,143)(H,121,137)(H,122,136)(H,123,145)(H,124,132)(H,125,138)(H,146,147)(H4,101,102,107)(H4,103,104,108)(H4,105,106,109)/t53-,54-,55-,56-,61-,62-,63-,64-,65-,66-,67-,68-,69-,70-,71-,72-,73-,74-,75-/m0/s1. The van der Waals surface area contributed by atoms with E-state index in [2.05, 4.69) is 101 Å². The van der Waals surface area contributed by atoms with Crippen molar-refractivity contribution in [2.45, 2.75) is 320 Å². The number of phenols is 2. The third kappa shape index (κ3) is 50.5. The molecule has 0 saturated heterocycles. The van der Waals surface area contributed by atoms with E-state index in [-0.39, 0.29) is 172 Å². The fourth-order valence-electron chi connectivity index (χ4n) is 15.1. The lowest BCUT2D eigenvalue weighted by molar-refractivity contribution is -0.142. The van der Waals surface area contributed by atoms with Gasteiger partial charge in [-0.15, -0.1) is 0 Å². The molecule has 0 saturated carbocycles. The van der Waals surface area contributed by atoms with Gasteiger partial charge in [-0.1, -0.05) is 92.5 Å². The smallest absolute Gasteiger partial charge is 0.326 e. The summed E-state index contributed by atoms with van der Waals surface area (Å²) in [5, 5.41) is 123. The van der Waals surface area contributed by atoms with E-state index in [0.29, 0.717) is 49.8 Å². The van der Waals surface area contributed by atoms with Crippen LogP contribution >= 0.6 is 0 Å². The number of nitrogens with one attached hydrogen (secondary N) is 22. The van der Waals surface area contributed by atoms with Crippen molar-refractivity contribution in [2.24, 2.45) is 69.5 Å². The fourth-order valence-corrected chi connectivity index (χ4v) is 15.1. The number of aliphatic hydroxyl groups excluding tert-OH is 2. The Hall–Kier alpha value is -13.4. The van der Waals surface area contributed by atoms with Crippen LogP contribution in [0.4, 0.5) is 0 Å². The minimum Gasteiger partial charge on any atom is -0.508 e. The molecule has 828 valence electrons. The number of carboxylic acid groups (broad SMARTS) is 1. The molecule has 2 aromatic rings. The Bertz CT molecular complexity index is 4540. The molecule has 52 heteroatoms. The van der Waals surface area contributed by atoms with Crippen LogP contribution in [0.3, 0.4) is 0 Å². The number of carboxylic acids is 1. The van der Waals surface area contributed by atoms with Crippen molar-refractivity contribution in [3.8, 4) is 11.5 Å². The molecule has 0 unspecified atom stereocenters. The number of carbonyl (C=O) groups is 17. The zero-order chi connectivity index (χ0) is 111. The lowest BCUT2D eigenvalue weighted by Gasteiger charge is -2.31. The molecule has 52 nitrogen and oxygen atoms in total. The van der Waals surface area contributed by atoms with Gasteiger partial charge in [-0.2, -0.15) is 0 Å². The van der Waals surface area contributed by atoms with E-state index in [4.69, 9.17) is 62.1 Å². The van der Waals surface area contributed by atoms with Gasteiger partial charge in [0.1, 0.15) is 108 Å². The largest absolute Gasteiger partial charge is 0.508 e. The second-order valence-corrected chi connectivity index (χ2v) is 37.4. The zero-order valence-electron chi connectivity index (χ0n) is 86.2. The molecule has 0 fully saturated rings. The molecular formula is C95H166N30O22. The van der Waals surface area contributed by atoms with E-state index in [0.717, 1.165) is 0 Å². The van der Waals surface area contributed by atoms with Crippen molar-refractivity contribution in [2.75, 3.05) is 59.0 Å². The average molecular weight is 2080 g/mol. The first-order valence-corrected chi connectivity index (χ1v) is 50.2. The highest BCUT2D eigenvalue weighted by Crippen LogP contribution is 2.20. The number of aliphatic hydroxyl groups is 2. The predicted octanol–water partition coefficient (Wildman–Crippen LogP) is -6.82. The number of unbranched alkanes of at least 4 members (excludes halogenated alkanes) is 4. The molecule has 2 rings (SSSR count). The summed E-state index contributed by atoms with van der Waals surface area (Å²) in [4.78, 5) is 242. The molecule has 0 bridgehead atoms. The maximum absolute atomic E-state index is 14.9. The van der Waals surface area contributed by atoms with Gasteiger partial charge in [-0.3, -0.25) is 92.9 Å². The van der Waals surface area contributed by atoms with Crippen LogP contribution in [-0.4, -0.2) is 306 Å². The second-order valence-electron chi connectivity index (χ2n) is 37.4. The molecule has 0 aliphatic heterocycles. The van der Waals surface area contributed by atoms with E-state index >= 15 is 0 Å². The number of amides is 16. The Morgan fingerprint density at radius 1 is 0.299 bits per heavy atom. The molecule has 2 aromatic carbocycles. The van der Waals surface area contributed by atoms with Crippen molar-refractivity contribution in [1.29, 1.82) is 16.2 Å². The first-order valence-electron chi connectivity index (χ1n) is 50.2. The molecular weight excluding hydrogens is 1910 g/mol. The van der Waals surface area contributed by atoms with Crippen molar-refractivity contribution >= 4 is 118 Å². The third-order valence-electron chi connectivity index (χ3n) is 24.2. The Morgan fingerprint density at radius 3 is 0.884 bits per heavy atom. The van der Waals surface area contributed by atoms with Crippen LogP contribution in [-0.2, 0) is 94.3 Å². The first-order chi connectivity index (χ1) is 69.5. The minimum absolute atomic E-state index is 0.00239. The lowest BCUT2D eigenvalue weighted by Crippen LogP contribution is -2.62. The summed E-state index contributed by atoms with van der Waals surface area (Å²) in [6, 6.07) is -13.5. The van der Waals surface area contributed by atoms with E-state index in [1.165, 1.54) is 50.2 Å². The maximum Gasteiger partial charge on any atom is 0.326 e. The Kier molecular flexibility index (Phi) is 62.1. The van der Waals surface area contributed by atoms with Gasteiger partial charge in [0.2, 0.25) is 94.5 Å². The van der Waals surface area contributed by atoms with Gasteiger partial charge in [0.25, 0.3) is 0 Å². The summed E-state index contributed by atoms with van der Waals surface area (Å²) in [6.07, 6.45) is 1.91. The van der Waals surface area contributed by atoms with Crippen LogP contribution in [0.2, 0.25) is 0 Å². The van der Waals surface area contributed by atoms with Gasteiger partial charge >= 0.3 is 5.97 Å². The SMILES string of the molecule is CC[C@H](C)[C@H](NC(=O)[C@H](CCCCN)NC(=O)[C@H](Cc1ccc(O)cc1)NC(=O)[C@@H](NC(=O)[C@@H](NC(=O)[C@@H](N)Cc1ccc(O)cc1)[C@@H](C)CC)C(C)C)C(=O)N[C@@H](CCCNC(=N)N)C(=O)N[C@@H](CO)C(=O)N[C@@H](C)C(=O)N[C@@H](CCCNC(=N)N)C(=O)N[C@@H](CCCCN)C(=O)N[C@@H](CCCNC(=N)N)C(=O)N[C@@H](CO)C(=O)N[C@@H](CCCCN)C(=O)N[C@@H](C)C(=O)N[C@@H](CC(C)C)C(=O)N[C@@H](CCCCN)C(=O)O. The predicted molar refractivity (Wildman–Crippen MR) is 548 cm³/mol. The molecule has 19 atom stereocenters. The molecule has 0 aliphatic carbocycles. The van der Waals surface area contributed by atoms with Crippen LogP contribution in [0, 0.1) is 39.9 Å². The zero-order valence-corrected chi connectivity index (χ0v) is 86.2. The highest BCUT2D eigenvalue weighted by molar-refractivity contribution is 6.01. The number of benzene rings is 2. The van der Waals surface area contributed by atoms with Gasteiger partial charge in [-0.25, -0.2) is 4.79 Å². The van der Waals surface area contributed by atoms with Gasteiger partial charge < -0.3 is 172 Å². The first kappa shape index (κ1) is 130. The molecule has 0 heterocycles. The number of hydrogen-bond donors (Lipinski definition) is 35. The Morgan fingerprint density at radius 2 is 0.551 bits per heavy atom. The minimum atomic E-state index is -1.90. The van der Waals surface area contributed by atoms with E-state index in [1.54, 1.807) is 67.5 Å². The summed E-state index contributed by atoms with van der Waals surface area (Å²) in [5.74, 6) is -20.0. The summed E-state index contributed by atoms with van der Waals surface area (Å²) < 4.78 is 0. The highest BCUT2D eigenvalue weighted by Gasteiger charge is 2.41. The van der Waals surface area contributed by atoms with Crippen molar-refractivity contribution < 1.29 is 107 Å². The average Bonchev–Trinajstić information content (AvgIpc) is 0.834. The Labute approximate surface area is 858 Å². The van der Waals surface area contributed by atoms with Crippen LogP contribution in [0.1, 0.15) is 215 Å². The van der Waals surface area contributed by atoms with Crippen molar-refractivity contribution in [3.05, 3.63) is 59.7 Å². The number of rotatable bonds is 74. The summed E-state index contributed by atoms with van der Waals surface area (Å²) >= 11 is 0. The van der Waals surface area contributed by atoms with Gasteiger partial charge in [0.05, 0.1) is 19.3 Å². The highest BCUT2D eigenvalue weighted by atomic mass is 16.4. The molecule has 0 spiro atoms. The van der Waals surface area contributed by atoms with Gasteiger partial charge in [-0.05, 0) is 228 Å². The molecule has 0 aromatic heterocycles. The van der Waals surface area contributed by atoms with Crippen LogP contribution < -0.4 is 147 Å². The maximum atomic E-state index is 14.9. The van der Waals surface area contributed by atoms with Crippen molar-refractivity contribution in [1.82, 2.24) is 101 Å². The number of aliphatic carboxylic acids is 1. The van der Waals surface area contributed by atoms with E-state index < -0.39 is 252 Å².